The topological polar surface area (TPSA) is 68.5 Å². The number of benzene rings is 2. The second kappa shape index (κ2) is 7.50. The third-order valence-electron chi connectivity index (χ3n) is 5.67. The van der Waals surface area contributed by atoms with E-state index in [1.54, 1.807) is 10.6 Å². The van der Waals surface area contributed by atoms with Crippen LogP contribution in [-0.2, 0) is 34.5 Å². The van der Waals surface area contributed by atoms with E-state index in [1.807, 2.05) is 32.0 Å². The number of nitrogens with zero attached hydrogens (tertiary/aromatic N) is 2. The molecule has 0 saturated heterocycles. The molecule has 156 valence electrons. The predicted molar refractivity (Wildman–Crippen MR) is 111 cm³/mol. The zero-order valence-corrected chi connectivity index (χ0v) is 17.4. The van der Waals surface area contributed by atoms with Gasteiger partial charge in [-0.05, 0) is 55.7 Å². The number of nitroso groups, excluding NO2 is 1. The lowest BCUT2D eigenvalue weighted by molar-refractivity contribution is -0.118. The monoisotopic (exact) mass is 430 g/mol. The molecule has 1 amide bonds. The Morgan fingerprint density at radius 1 is 1.20 bits per heavy atom. The molecule has 8 heteroatoms. The van der Waals surface area contributed by atoms with Crippen LogP contribution in [0.1, 0.15) is 34.4 Å². The van der Waals surface area contributed by atoms with Crippen molar-refractivity contribution in [2.75, 3.05) is 5.75 Å². The van der Waals surface area contributed by atoms with Gasteiger partial charge in [0.2, 0.25) is 0 Å². The van der Waals surface area contributed by atoms with Crippen LogP contribution >= 0.6 is 0 Å². The SMILES string of the molecule is Cc1ccc2c(c1)c(Cc1ccc3c(c1)C(F)(F)CC[S@@]3=O)c(C)n2CC(=O)N=O. The standard InChI is InChI=1S/C22H20F2N2O3S/c1-13-3-5-19-17(9-13)16(14(2)26(19)12-21(27)25-28)10-15-4-6-20-18(11-15)22(23,24)7-8-30(20)29/h3-6,9,11H,7-8,10,12H2,1-2H3/t30-/m0/s1. The molecule has 3 aromatic rings. The molecule has 0 bridgehead atoms. The van der Waals surface area contributed by atoms with E-state index in [1.165, 1.54) is 12.1 Å². The summed E-state index contributed by atoms with van der Waals surface area (Å²) in [5, 5.41) is 3.39. The minimum Gasteiger partial charge on any atom is -0.335 e. The summed E-state index contributed by atoms with van der Waals surface area (Å²) in [5.74, 6) is -3.82. The lowest BCUT2D eigenvalue weighted by Crippen LogP contribution is -2.25. The highest BCUT2D eigenvalue weighted by Crippen LogP contribution is 2.41. The van der Waals surface area contributed by atoms with Gasteiger partial charge in [-0.2, -0.15) is 0 Å². The Balaban J connectivity index is 1.82. The fourth-order valence-corrected chi connectivity index (χ4v) is 5.43. The quantitative estimate of drug-likeness (QED) is 0.561. The van der Waals surface area contributed by atoms with E-state index in [0.29, 0.717) is 12.0 Å². The van der Waals surface area contributed by atoms with Gasteiger partial charge in [0.25, 0.3) is 5.92 Å². The van der Waals surface area contributed by atoms with Crippen LogP contribution in [0.3, 0.4) is 0 Å². The summed E-state index contributed by atoms with van der Waals surface area (Å²) in [7, 11) is -1.41. The highest BCUT2D eigenvalue weighted by molar-refractivity contribution is 7.85. The number of hydrogen-bond acceptors (Lipinski definition) is 3. The third kappa shape index (κ3) is 3.49. The maximum atomic E-state index is 14.4. The van der Waals surface area contributed by atoms with Crippen LogP contribution in [0.15, 0.2) is 46.5 Å². The normalized spacial score (nSPS) is 17.7. The summed E-state index contributed by atoms with van der Waals surface area (Å²) < 4.78 is 42.8. The molecule has 2 aromatic carbocycles. The van der Waals surface area contributed by atoms with E-state index in [4.69, 9.17) is 0 Å². The third-order valence-corrected chi connectivity index (χ3v) is 7.09. The van der Waals surface area contributed by atoms with Gasteiger partial charge in [-0.3, -0.25) is 9.00 Å². The first-order chi connectivity index (χ1) is 14.2. The average molecular weight is 430 g/mol. The van der Waals surface area contributed by atoms with Crippen molar-refractivity contribution in [1.82, 2.24) is 4.57 Å². The first kappa shape index (κ1) is 20.5. The molecule has 0 saturated carbocycles. The Bertz CT molecular complexity index is 1220. The lowest BCUT2D eigenvalue weighted by atomic mass is 9.97. The van der Waals surface area contributed by atoms with Crippen LogP contribution in [0.2, 0.25) is 0 Å². The first-order valence-electron chi connectivity index (χ1n) is 9.55. The van der Waals surface area contributed by atoms with E-state index in [9.17, 15) is 22.7 Å². The van der Waals surface area contributed by atoms with Crippen molar-refractivity contribution in [2.45, 2.75) is 44.1 Å². The number of halogens is 2. The van der Waals surface area contributed by atoms with E-state index < -0.39 is 29.1 Å². The molecule has 0 N–H and O–H groups in total. The Morgan fingerprint density at radius 2 is 1.97 bits per heavy atom. The van der Waals surface area contributed by atoms with E-state index >= 15 is 0 Å². The molecule has 1 atom stereocenters. The van der Waals surface area contributed by atoms with E-state index in [-0.39, 0.29) is 22.8 Å². The van der Waals surface area contributed by atoms with E-state index in [2.05, 4.69) is 5.18 Å². The van der Waals surface area contributed by atoms with Crippen molar-refractivity contribution >= 4 is 27.6 Å². The number of aryl methyl sites for hydroxylation is 1. The van der Waals surface area contributed by atoms with Gasteiger partial charge in [0.15, 0.2) is 0 Å². The van der Waals surface area contributed by atoms with Crippen LogP contribution in [0.25, 0.3) is 10.9 Å². The summed E-state index contributed by atoms with van der Waals surface area (Å²) in [6, 6.07) is 10.5. The number of hydrogen-bond donors (Lipinski definition) is 0. The number of fused-ring (bicyclic) bond motifs is 2. The van der Waals surface area contributed by atoms with Crippen molar-refractivity contribution in [1.29, 1.82) is 0 Å². The molecular formula is C22H20F2N2O3S. The van der Waals surface area contributed by atoms with Gasteiger partial charge in [0, 0.05) is 44.4 Å². The first-order valence-corrected chi connectivity index (χ1v) is 10.9. The van der Waals surface area contributed by atoms with Crippen molar-refractivity contribution in [3.63, 3.8) is 0 Å². The average Bonchev–Trinajstić information content (AvgIpc) is 2.96. The zero-order valence-electron chi connectivity index (χ0n) is 16.6. The van der Waals surface area contributed by atoms with Crippen molar-refractivity contribution in [3.05, 3.63) is 69.3 Å². The van der Waals surface area contributed by atoms with Crippen LogP contribution < -0.4 is 0 Å². The van der Waals surface area contributed by atoms with Crippen molar-refractivity contribution in [2.24, 2.45) is 5.18 Å². The second-order valence-electron chi connectivity index (χ2n) is 7.67. The molecule has 1 aliphatic heterocycles. The second-order valence-corrected chi connectivity index (χ2v) is 9.21. The molecule has 2 heterocycles. The molecule has 0 unspecified atom stereocenters. The van der Waals surface area contributed by atoms with Gasteiger partial charge in [-0.1, -0.05) is 17.7 Å². The van der Waals surface area contributed by atoms with Crippen LogP contribution in [0.5, 0.6) is 0 Å². The lowest BCUT2D eigenvalue weighted by Gasteiger charge is -2.25. The fraction of sp³-hybridized carbons (Fsp3) is 0.318. The number of aromatic nitrogens is 1. The predicted octanol–water partition coefficient (Wildman–Crippen LogP) is 4.75. The molecule has 4 rings (SSSR count). The Labute approximate surface area is 174 Å². The Kier molecular flexibility index (Phi) is 5.13. The summed E-state index contributed by atoms with van der Waals surface area (Å²) >= 11 is 0. The van der Waals surface area contributed by atoms with E-state index in [0.717, 1.165) is 27.7 Å². The van der Waals surface area contributed by atoms with Gasteiger partial charge in [0.05, 0.1) is 10.8 Å². The molecule has 0 fully saturated rings. The Morgan fingerprint density at radius 3 is 2.70 bits per heavy atom. The molecule has 1 aliphatic rings. The maximum Gasteiger partial charge on any atom is 0.305 e. The Hall–Kier alpha value is -2.74. The smallest absolute Gasteiger partial charge is 0.305 e. The van der Waals surface area contributed by atoms with Gasteiger partial charge in [-0.25, -0.2) is 8.78 Å². The van der Waals surface area contributed by atoms with Crippen molar-refractivity contribution in [3.8, 4) is 0 Å². The van der Waals surface area contributed by atoms with Gasteiger partial charge in [0.1, 0.15) is 6.54 Å². The molecule has 1 aromatic heterocycles. The molecule has 0 aliphatic carbocycles. The summed E-state index contributed by atoms with van der Waals surface area (Å²) in [6.07, 6.45) is -0.0497. The minimum absolute atomic E-state index is 0.0377. The highest BCUT2D eigenvalue weighted by Gasteiger charge is 2.39. The molecule has 5 nitrogen and oxygen atoms in total. The minimum atomic E-state index is -3.00. The van der Waals surface area contributed by atoms with Gasteiger partial charge >= 0.3 is 5.91 Å². The van der Waals surface area contributed by atoms with Crippen molar-refractivity contribution < 1.29 is 17.8 Å². The van der Waals surface area contributed by atoms with Gasteiger partial charge in [-0.15, -0.1) is 4.91 Å². The number of amides is 1. The molecule has 0 spiro atoms. The van der Waals surface area contributed by atoms with Crippen LogP contribution in [-0.4, -0.2) is 20.4 Å². The molecule has 30 heavy (non-hydrogen) atoms. The largest absolute Gasteiger partial charge is 0.335 e. The molecule has 0 radical (unpaired) electrons. The summed E-state index contributed by atoms with van der Waals surface area (Å²) in [6.45, 7) is 3.61. The van der Waals surface area contributed by atoms with Gasteiger partial charge < -0.3 is 4.57 Å². The maximum absolute atomic E-state index is 14.4. The summed E-state index contributed by atoms with van der Waals surface area (Å²) in [5.41, 5.74) is 3.99. The highest BCUT2D eigenvalue weighted by atomic mass is 32.2. The van der Waals surface area contributed by atoms with Crippen LogP contribution in [0.4, 0.5) is 8.78 Å². The zero-order chi connectivity index (χ0) is 21.6. The number of carbonyl (C=O) groups excluding carboxylic acids is 1. The summed E-state index contributed by atoms with van der Waals surface area (Å²) in [4.78, 5) is 22.5. The fourth-order valence-electron chi connectivity index (χ4n) is 4.10. The molecular weight excluding hydrogens is 410 g/mol. The number of carbonyl (C=O) groups is 1. The number of alkyl halides is 2. The number of rotatable bonds is 4. The van der Waals surface area contributed by atoms with Crippen LogP contribution in [0, 0.1) is 18.8 Å².